The lowest BCUT2D eigenvalue weighted by Crippen LogP contribution is -2.42. The first-order chi connectivity index (χ1) is 15.3. The van der Waals surface area contributed by atoms with E-state index in [9.17, 15) is 4.79 Å². The third-order valence-electron chi connectivity index (χ3n) is 6.44. The van der Waals surface area contributed by atoms with Gasteiger partial charge in [0.1, 0.15) is 11.8 Å². The lowest BCUT2D eigenvalue weighted by atomic mass is 9.76. The van der Waals surface area contributed by atoms with E-state index in [0.29, 0.717) is 5.76 Å². The lowest BCUT2D eigenvalue weighted by molar-refractivity contribution is -0.148. The molecule has 2 saturated heterocycles. The summed E-state index contributed by atoms with van der Waals surface area (Å²) in [5.74, 6) is 0.491. The summed E-state index contributed by atoms with van der Waals surface area (Å²) in [6.45, 7) is 0. The molecule has 0 N–H and O–H groups in total. The van der Waals surface area contributed by atoms with Gasteiger partial charge in [0.25, 0.3) is 0 Å². The molecule has 1 aromatic heterocycles. The van der Waals surface area contributed by atoms with E-state index >= 15 is 0 Å². The summed E-state index contributed by atoms with van der Waals surface area (Å²) in [6.07, 6.45) is 1.21. The molecule has 3 heterocycles. The van der Waals surface area contributed by atoms with Gasteiger partial charge in [-0.1, -0.05) is 91.0 Å². The van der Waals surface area contributed by atoms with Crippen LogP contribution in [0.25, 0.3) is 0 Å². The molecule has 3 aromatic carbocycles. The Labute approximate surface area is 180 Å². The quantitative estimate of drug-likeness (QED) is 0.267. The number of carbonyl (C=O) groups excluding carboxylic acids is 1. The zero-order valence-electron chi connectivity index (χ0n) is 16.8. The molecular weight excluding hydrogens is 386 g/mol. The van der Waals surface area contributed by atoms with E-state index in [1.165, 1.54) is 0 Å². The van der Waals surface area contributed by atoms with Gasteiger partial charge in [-0.25, -0.2) is 0 Å². The minimum Gasteiger partial charge on any atom is -0.465 e. The standard InChI is InChI=1S/C27H21NO3/c29-26-24-23(25(31-26)22-17-10-18-30-22)28(24)27(19-11-4-1-5-12-19,20-13-6-2-7-14-20)21-15-8-3-9-16-21/h1-18,23-25H/t23?,24?,25-,28?/m1/s1. The molecule has 0 aliphatic carbocycles. The summed E-state index contributed by atoms with van der Waals surface area (Å²) in [4.78, 5) is 15.3. The number of hydrogen-bond acceptors (Lipinski definition) is 4. The number of furan rings is 1. The molecule has 0 bridgehead atoms. The molecule has 4 atom stereocenters. The summed E-state index contributed by atoms with van der Waals surface area (Å²) >= 11 is 0. The number of fused-ring (bicyclic) bond motifs is 1. The molecule has 0 radical (unpaired) electrons. The molecule has 2 aliphatic heterocycles. The van der Waals surface area contributed by atoms with Crippen molar-refractivity contribution in [2.24, 2.45) is 0 Å². The summed E-state index contributed by atoms with van der Waals surface area (Å²) in [5, 5.41) is 0. The van der Waals surface area contributed by atoms with Crippen LogP contribution in [-0.2, 0) is 15.1 Å². The lowest BCUT2D eigenvalue weighted by Gasteiger charge is -2.39. The second kappa shape index (κ2) is 6.96. The Hall–Kier alpha value is -3.63. The van der Waals surface area contributed by atoms with Crippen molar-refractivity contribution in [3.63, 3.8) is 0 Å². The Balaban J connectivity index is 1.60. The number of benzene rings is 3. The van der Waals surface area contributed by atoms with Gasteiger partial charge in [0.05, 0.1) is 17.8 Å². The highest BCUT2D eigenvalue weighted by molar-refractivity contribution is 5.85. The number of hydrogen-bond donors (Lipinski definition) is 0. The fraction of sp³-hybridized carbons (Fsp3) is 0.148. The molecule has 2 fully saturated rings. The van der Waals surface area contributed by atoms with E-state index in [0.717, 1.165) is 16.7 Å². The molecule has 6 rings (SSSR count). The monoisotopic (exact) mass is 407 g/mol. The fourth-order valence-electron chi connectivity index (χ4n) is 5.18. The summed E-state index contributed by atoms with van der Waals surface area (Å²) in [7, 11) is 0. The van der Waals surface area contributed by atoms with Gasteiger partial charge in [0.15, 0.2) is 6.10 Å². The maximum atomic E-state index is 13.0. The van der Waals surface area contributed by atoms with Crippen LogP contribution in [0.3, 0.4) is 0 Å². The maximum absolute atomic E-state index is 13.0. The van der Waals surface area contributed by atoms with Gasteiger partial charge >= 0.3 is 5.97 Å². The average Bonchev–Trinajstić information content (AvgIpc) is 3.16. The number of nitrogens with zero attached hydrogens (tertiary/aromatic N) is 1. The van der Waals surface area contributed by atoms with Crippen LogP contribution in [0.4, 0.5) is 0 Å². The molecule has 0 amide bonds. The second-order valence-corrected chi connectivity index (χ2v) is 8.02. The van der Waals surface area contributed by atoms with Gasteiger partial charge in [0.2, 0.25) is 0 Å². The molecule has 4 nitrogen and oxygen atoms in total. The minimum absolute atomic E-state index is 0.0979. The smallest absolute Gasteiger partial charge is 0.326 e. The highest BCUT2D eigenvalue weighted by Crippen LogP contribution is 2.58. The molecule has 152 valence electrons. The highest BCUT2D eigenvalue weighted by Gasteiger charge is 2.72. The maximum Gasteiger partial charge on any atom is 0.326 e. The molecule has 2 aliphatic rings. The van der Waals surface area contributed by atoms with Crippen molar-refractivity contribution in [3.8, 4) is 0 Å². The van der Waals surface area contributed by atoms with Crippen LogP contribution in [0.2, 0.25) is 0 Å². The minimum atomic E-state index is -0.622. The third kappa shape index (κ3) is 2.62. The summed E-state index contributed by atoms with van der Waals surface area (Å²) < 4.78 is 11.4. The van der Waals surface area contributed by atoms with Crippen molar-refractivity contribution >= 4 is 5.97 Å². The normalized spacial score (nSPS) is 24.5. The van der Waals surface area contributed by atoms with E-state index in [4.69, 9.17) is 9.15 Å². The summed E-state index contributed by atoms with van der Waals surface area (Å²) in [5.41, 5.74) is 2.73. The van der Waals surface area contributed by atoms with E-state index in [2.05, 4.69) is 77.7 Å². The Kier molecular flexibility index (Phi) is 4.08. The zero-order valence-corrected chi connectivity index (χ0v) is 16.8. The molecule has 4 heteroatoms. The van der Waals surface area contributed by atoms with Gasteiger partial charge in [-0.3, -0.25) is 9.69 Å². The van der Waals surface area contributed by atoms with E-state index in [-0.39, 0.29) is 18.1 Å². The predicted octanol–water partition coefficient (Wildman–Crippen LogP) is 4.92. The van der Waals surface area contributed by atoms with Crippen molar-refractivity contribution in [2.75, 3.05) is 0 Å². The molecule has 31 heavy (non-hydrogen) atoms. The SMILES string of the molecule is O=C1O[C@H](c2ccco2)C2C1N2C(c1ccccc1)(c1ccccc1)c1ccccc1. The van der Waals surface area contributed by atoms with Crippen molar-refractivity contribution < 1.29 is 13.9 Å². The Morgan fingerprint density at radius 1 is 0.677 bits per heavy atom. The number of ether oxygens (including phenoxy) is 1. The average molecular weight is 407 g/mol. The molecule has 0 saturated carbocycles. The van der Waals surface area contributed by atoms with E-state index in [1.807, 2.05) is 30.3 Å². The van der Waals surface area contributed by atoms with Crippen LogP contribution < -0.4 is 0 Å². The van der Waals surface area contributed by atoms with Crippen molar-refractivity contribution in [1.29, 1.82) is 0 Å². The van der Waals surface area contributed by atoms with Gasteiger partial charge in [-0.05, 0) is 28.8 Å². The Bertz CT molecular complexity index is 1090. The largest absolute Gasteiger partial charge is 0.465 e. The number of rotatable bonds is 5. The molecule has 3 unspecified atom stereocenters. The number of esters is 1. The van der Waals surface area contributed by atoms with Crippen LogP contribution in [0.1, 0.15) is 28.6 Å². The van der Waals surface area contributed by atoms with Gasteiger partial charge in [-0.15, -0.1) is 0 Å². The van der Waals surface area contributed by atoms with Crippen LogP contribution >= 0.6 is 0 Å². The molecule has 4 aromatic rings. The first-order valence-electron chi connectivity index (χ1n) is 10.5. The first-order valence-corrected chi connectivity index (χ1v) is 10.5. The van der Waals surface area contributed by atoms with Crippen LogP contribution in [0.5, 0.6) is 0 Å². The zero-order chi connectivity index (χ0) is 20.8. The second-order valence-electron chi connectivity index (χ2n) is 8.02. The van der Waals surface area contributed by atoms with Crippen LogP contribution in [-0.4, -0.2) is 23.0 Å². The van der Waals surface area contributed by atoms with Gasteiger partial charge in [0, 0.05) is 0 Å². The Morgan fingerprint density at radius 2 is 1.19 bits per heavy atom. The molecular formula is C27H21NO3. The predicted molar refractivity (Wildman–Crippen MR) is 116 cm³/mol. The fourth-order valence-corrected chi connectivity index (χ4v) is 5.18. The van der Waals surface area contributed by atoms with Crippen molar-refractivity contribution in [3.05, 3.63) is 132 Å². The summed E-state index contributed by atoms with van der Waals surface area (Å²) in [6, 6.07) is 34.5. The van der Waals surface area contributed by atoms with E-state index in [1.54, 1.807) is 6.26 Å². The van der Waals surface area contributed by atoms with Gasteiger partial charge in [-0.2, -0.15) is 0 Å². The third-order valence-corrected chi connectivity index (χ3v) is 6.44. The van der Waals surface area contributed by atoms with Crippen molar-refractivity contribution in [1.82, 2.24) is 4.90 Å². The number of cyclic esters (lactones) is 1. The number of morpholine rings is 1. The highest BCUT2D eigenvalue weighted by atomic mass is 16.6. The van der Waals surface area contributed by atoms with Crippen LogP contribution in [0, 0.1) is 0 Å². The van der Waals surface area contributed by atoms with Crippen LogP contribution in [0.15, 0.2) is 114 Å². The topological polar surface area (TPSA) is 42.4 Å². The molecule has 0 spiro atoms. The van der Waals surface area contributed by atoms with Crippen molar-refractivity contribution in [2.45, 2.75) is 23.7 Å². The number of carbonyl (C=O) groups is 1. The van der Waals surface area contributed by atoms with Gasteiger partial charge < -0.3 is 9.15 Å². The Morgan fingerprint density at radius 3 is 1.65 bits per heavy atom. The van der Waals surface area contributed by atoms with E-state index < -0.39 is 11.6 Å². The first kappa shape index (κ1) is 18.2.